The fraction of sp³-hybridized carbons (Fsp3) is 0.667. The van der Waals surface area contributed by atoms with Gasteiger partial charge >= 0.3 is 0 Å². The molecule has 1 amide bonds. The molecule has 17 heavy (non-hydrogen) atoms. The topological polar surface area (TPSA) is 59.0 Å². The van der Waals surface area contributed by atoms with E-state index in [4.69, 9.17) is 0 Å². The van der Waals surface area contributed by atoms with Gasteiger partial charge in [0.2, 0.25) is 5.91 Å². The Morgan fingerprint density at radius 1 is 1.53 bits per heavy atom. The molecule has 0 aromatic carbocycles. The summed E-state index contributed by atoms with van der Waals surface area (Å²) in [5, 5.41) is 10.6. The van der Waals surface area contributed by atoms with Gasteiger partial charge in [0.15, 0.2) is 0 Å². The van der Waals surface area contributed by atoms with Gasteiger partial charge in [-0.1, -0.05) is 0 Å². The van der Waals surface area contributed by atoms with Crippen molar-refractivity contribution in [1.82, 2.24) is 15.1 Å². The van der Waals surface area contributed by atoms with Crippen molar-refractivity contribution >= 4 is 11.6 Å². The van der Waals surface area contributed by atoms with Gasteiger partial charge in [0.25, 0.3) is 0 Å². The molecular weight excluding hydrogens is 216 g/mol. The Morgan fingerprint density at radius 2 is 2.29 bits per heavy atom. The van der Waals surface area contributed by atoms with Gasteiger partial charge in [-0.2, -0.15) is 5.10 Å². The van der Waals surface area contributed by atoms with Crippen LogP contribution in [0.5, 0.6) is 0 Å². The molecular formula is C12H20N4O. The minimum Gasteiger partial charge on any atom is -0.323 e. The number of hydrogen-bond acceptors (Lipinski definition) is 3. The minimum atomic E-state index is 0.0859. The van der Waals surface area contributed by atoms with E-state index in [1.807, 2.05) is 20.9 Å². The second kappa shape index (κ2) is 4.87. The Hall–Kier alpha value is -1.36. The quantitative estimate of drug-likeness (QED) is 0.804. The first-order valence-corrected chi connectivity index (χ1v) is 6.11. The Kier molecular flexibility index (Phi) is 3.47. The van der Waals surface area contributed by atoms with E-state index in [9.17, 15) is 4.79 Å². The van der Waals surface area contributed by atoms with E-state index in [1.54, 1.807) is 4.68 Å². The maximum absolute atomic E-state index is 12.1. The van der Waals surface area contributed by atoms with Crippen LogP contribution in [0.4, 0.5) is 5.69 Å². The molecule has 0 unspecified atom stereocenters. The molecule has 1 aromatic rings. The predicted molar refractivity (Wildman–Crippen MR) is 66.9 cm³/mol. The Morgan fingerprint density at radius 3 is 2.82 bits per heavy atom. The lowest BCUT2D eigenvalue weighted by Gasteiger charge is -2.21. The van der Waals surface area contributed by atoms with Gasteiger partial charge in [0.05, 0.1) is 23.0 Å². The van der Waals surface area contributed by atoms with Crippen LogP contribution in [0.2, 0.25) is 0 Å². The third-order valence-corrected chi connectivity index (χ3v) is 3.42. The average molecular weight is 236 g/mol. The molecule has 1 aliphatic heterocycles. The Labute approximate surface area is 102 Å². The van der Waals surface area contributed by atoms with Crippen molar-refractivity contribution in [3.63, 3.8) is 0 Å². The van der Waals surface area contributed by atoms with Crippen molar-refractivity contribution in [2.75, 3.05) is 18.4 Å². The highest BCUT2D eigenvalue weighted by Gasteiger charge is 2.22. The SMILES string of the molecule is Cc1nn(C)c(C)c1NC(=O)[C@H]1CCCNC1. The lowest BCUT2D eigenvalue weighted by atomic mass is 9.99. The fourth-order valence-corrected chi connectivity index (χ4v) is 2.26. The van der Waals surface area contributed by atoms with Gasteiger partial charge in [0.1, 0.15) is 0 Å². The molecule has 0 spiro atoms. The van der Waals surface area contributed by atoms with Gasteiger partial charge < -0.3 is 10.6 Å². The highest BCUT2D eigenvalue weighted by Crippen LogP contribution is 2.20. The van der Waals surface area contributed by atoms with E-state index in [1.165, 1.54) is 0 Å². The molecule has 5 nitrogen and oxygen atoms in total. The zero-order valence-corrected chi connectivity index (χ0v) is 10.7. The van der Waals surface area contributed by atoms with Crippen LogP contribution >= 0.6 is 0 Å². The summed E-state index contributed by atoms with van der Waals surface area (Å²) < 4.78 is 1.80. The number of aryl methyl sites for hydroxylation is 2. The first-order valence-electron chi connectivity index (χ1n) is 6.11. The number of carbonyl (C=O) groups excluding carboxylic acids is 1. The van der Waals surface area contributed by atoms with Gasteiger partial charge in [-0.3, -0.25) is 9.48 Å². The third kappa shape index (κ3) is 2.49. The molecule has 2 N–H and O–H groups in total. The fourth-order valence-electron chi connectivity index (χ4n) is 2.26. The molecule has 0 aliphatic carbocycles. The van der Waals surface area contributed by atoms with Gasteiger partial charge in [-0.25, -0.2) is 0 Å². The van der Waals surface area contributed by atoms with Crippen LogP contribution in [0.25, 0.3) is 0 Å². The molecule has 2 rings (SSSR count). The standard InChI is InChI=1S/C12H20N4O/c1-8-11(9(2)16(3)15-8)14-12(17)10-5-4-6-13-7-10/h10,13H,4-7H2,1-3H3,(H,14,17)/t10-/m0/s1. The smallest absolute Gasteiger partial charge is 0.228 e. The van der Waals surface area contributed by atoms with E-state index in [0.717, 1.165) is 43.0 Å². The number of piperidine rings is 1. The molecule has 5 heteroatoms. The summed E-state index contributed by atoms with van der Waals surface area (Å²) in [5.41, 5.74) is 2.74. The molecule has 1 fully saturated rings. The number of nitrogens with one attached hydrogen (secondary N) is 2. The van der Waals surface area contributed by atoms with Crippen LogP contribution in [0.15, 0.2) is 0 Å². The molecule has 1 aliphatic rings. The monoisotopic (exact) mass is 236 g/mol. The second-order valence-electron chi connectivity index (χ2n) is 4.70. The molecule has 2 heterocycles. The van der Waals surface area contributed by atoms with E-state index >= 15 is 0 Å². The summed E-state index contributed by atoms with van der Waals surface area (Å²) in [5.74, 6) is 0.194. The molecule has 0 bridgehead atoms. The lowest BCUT2D eigenvalue weighted by molar-refractivity contribution is -0.120. The van der Waals surface area contributed by atoms with Crippen LogP contribution in [0.3, 0.4) is 0 Å². The van der Waals surface area contributed by atoms with Crippen molar-refractivity contribution in [3.8, 4) is 0 Å². The molecule has 94 valence electrons. The van der Waals surface area contributed by atoms with Gasteiger partial charge in [-0.15, -0.1) is 0 Å². The third-order valence-electron chi connectivity index (χ3n) is 3.42. The van der Waals surface area contributed by atoms with Crippen molar-refractivity contribution in [2.24, 2.45) is 13.0 Å². The van der Waals surface area contributed by atoms with Crippen LogP contribution in [0, 0.1) is 19.8 Å². The van der Waals surface area contributed by atoms with Crippen molar-refractivity contribution < 1.29 is 4.79 Å². The lowest BCUT2D eigenvalue weighted by Crippen LogP contribution is -2.37. The molecule has 1 atom stereocenters. The maximum atomic E-state index is 12.1. The van der Waals surface area contributed by atoms with E-state index < -0.39 is 0 Å². The van der Waals surface area contributed by atoms with Gasteiger partial charge in [0, 0.05) is 13.6 Å². The number of amides is 1. The normalized spacial score (nSPS) is 20.3. The first-order chi connectivity index (χ1) is 8.09. The summed E-state index contributed by atoms with van der Waals surface area (Å²) in [6.07, 6.45) is 2.04. The Balaban J connectivity index is 2.07. The van der Waals surface area contributed by atoms with Gasteiger partial charge in [-0.05, 0) is 33.2 Å². The number of nitrogens with zero attached hydrogens (tertiary/aromatic N) is 2. The van der Waals surface area contributed by atoms with Crippen LogP contribution in [-0.4, -0.2) is 28.8 Å². The minimum absolute atomic E-state index is 0.0859. The number of aromatic nitrogens is 2. The molecule has 0 saturated carbocycles. The largest absolute Gasteiger partial charge is 0.323 e. The zero-order chi connectivity index (χ0) is 12.4. The van der Waals surface area contributed by atoms with E-state index in [-0.39, 0.29) is 11.8 Å². The average Bonchev–Trinajstić information content (AvgIpc) is 2.57. The Bertz CT molecular complexity index is 418. The van der Waals surface area contributed by atoms with Crippen LogP contribution in [0.1, 0.15) is 24.2 Å². The van der Waals surface area contributed by atoms with Crippen molar-refractivity contribution in [2.45, 2.75) is 26.7 Å². The molecule has 1 saturated heterocycles. The van der Waals surface area contributed by atoms with Crippen molar-refractivity contribution in [1.29, 1.82) is 0 Å². The molecule has 0 radical (unpaired) electrons. The highest BCUT2D eigenvalue weighted by molar-refractivity contribution is 5.93. The van der Waals surface area contributed by atoms with E-state index in [2.05, 4.69) is 15.7 Å². The molecule has 1 aromatic heterocycles. The highest BCUT2D eigenvalue weighted by atomic mass is 16.1. The van der Waals surface area contributed by atoms with Crippen LogP contribution < -0.4 is 10.6 Å². The summed E-state index contributed by atoms with van der Waals surface area (Å²) in [7, 11) is 1.89. The first kappa shape index (κ1) is 12.1. The van der Waals surface area contributed by atoms with E-state index in [0.29, 0.717) is 0 Å². The second-order valence-corrected chi connectivity index (χ2v) is 4.70. The van der Waals surface area contributed by atoms with Crippen LogP contribution in [-0.2, 0) is 11.8 Å². The number of anilines is 1. The summed E-state index contributed by atoms with van der Waals surface area (Å²) in [4.78, 5) is 12.1. The summed E-state index contributed by atoms with van der Waals surface area (Å²) in [6.45, 7) is 5.69. The number of rotatable bonds is 2. The number of hydrogen-bond donors (Lipinski definition) is 2. The summed E-state index contributed by atoms with van der Waals surface area (Å²) >= 11 is 0. The number of carbonyl (C=O) groups is 1. The van der Waals surface area contributed by atoms with Crippen molar-refractivity contribution in [3.05, 3.63) is 11.4 Å². The summed E-state index contributed by atoms with van der Waals surface area (Å²) in [6, 6.07) is 0. The predicted octanol–water partition coefficient (Wildman–Crippen LogP) is 0.975. The maximum Gasteiger partial charge on any atom is 0.228 e. The zero-order valence-electron chi connectivity index (χ0n) is 10.7.